The lowest BCUT2D eigenvalue weighted by atomic mass is 9.98. The van der Waals surface area contributed by atoms with Crippen LogP contribution in [0, 0.1) is 5.92 Å². The first-order valence-corrected chi connectivity index (χ1v) is 11.8. The number of anilines is 1. The molecule has 0 amide bonds. The maximum Gasteiger partial charge on any atom is 0.310 e. The summed E-state index contributed by atoms with van der Waals surface area (Å²) in [6, 6.07) is 4.23. The predicted octanol–water partition coefficient (Wildman–Crippen LogP) is 1.96. The molecule has 1 aromatic rings. The van der Waals surface area contributed by atoms with Crippen molar-refractivity contribution in [3.05, 3.63) is 23.9 Å². The highest BCUT2D eigenvalue weighted by Crippen LogP contribution is 2.19. The first kappa shape index (κ1) is 23.3. The number of hydrogen-bond donors (Lipinski definition) is 1. The maximum absolute atomic E-state index is 12.2. The Hall–Kier alpha value is -2.35. The van der Waals surface area contributed by atoms with Crippen LogP contribution in [0.5, 0.6) is 0 Å². The Morgan fingerprint density at radius 3 is 2.65 bits per heavy atom. The van der Waals surface area contributed by atoms with Crippen LogP contribution in [-0.4, -0.2) is 85.7 Å². The van der Waals surface area contributed by atoms with Crippen molar-refractivity contribution < 1.29 is 9.53 Å². The molecule has 1 N–H and O–H groups in total. The average molecular weight is 431 g/mol. The number of guanidine groups is 1. The number of esters is 1. The van der Waals surface area contributed by atoms with Crippen LogP contribution < -0.4 is 10.2 Å². The number of ether oxygens (including phenoxy) is 1. The Labute approximate surface area is 186 Å². The van der Waals surface area contributed by atoms with Gasteiger partial charge in [-0.3, -0.25) is 4.79 Å². The van der Waals surface area contributed by atoms with Crippen molar-refractivity contribution in [3.8, 4) is 0 Å². The van der Waals surface area contributed by atoms with Gasteiger partial charge < -0.3 is 24.8 Å². The van der Waals surface area contributed by atoms with E-state index in [2.05, 4.69) is 51.0 Å². The molecule has 3 rings (SSSR count). The van der Waals surface area contributed by atoms with Crippen molar-refractivity contribution in [2.75, 3.05) is 63.9 Å². The molecule has 0 aliphatic carbocycles. The number of nitrogens with one attached hydrogen (secondary N) is 1. The third kappa shape index (κ3) is 6.56. The number of aromatic nitrogens is 1. The van der Waals surface area contributed by atoms with Gasteiger partial charge in [-0.15, -0.1) is 0 Å². The average Bonchev–Trinajstić information content (AvgIpc) is 2.82. The molecular weight excluding hydrogens is 392 g/mol. The summed E-state index contributed by atoms with van der Waals surface area (Å²) in [4.78, 5) is 28.7. The van der Waals surface area contributed by atoms with E-state index in [0.29, 0.717) is 19.7 Å². The van der Waals surface area contributed by atoms with Gasteiger partial charge in [-0.1, -0.05) is 13.0 Å². The van der Waals surface area contributed by atoms with Crippen LogP contribution in [0.15, 0.2) is 23.3 Å². The first-order chi connectivity index (χ1) is 15.1. The topological polar surface area (TPSA) is 73.3 Å². The molecule has 0 radical (unpaired) electrons. The monoisotopic (exact) mass is 430 g/mol. The number of rotatable bonds is 7. The third-order valence-electron chi connectivity index (χ3n) is 6.04. The lowest BCUT2D eigenvalue weighted by molar-refractivity contribution is -0.149. The molecule has 8 heteroatoms. The van der Waals surface area contributed by atoms with Gasteiger partial charge in [0, 0.05) is 52.0 Å². The number of likely N-dealkylation sites (tertiary alicyclic amines) is 1. The number of pyridine rings is 1. The molecule has 2 fully saturated rings. The molecule has 0 spiro atoms. The number of piperazine rings is 1. The van der Waals surface area contributed by atoms with E-state index >= 15 is 0 Å². The van der Waals surface area contributed by atoms with Crippen LogP contribution in [-0.2, 0) is 16.1 Å². The van der Waals surface area contributed by atoms with Crippen molar-refractivity contribution >= 4 is 17.7 Å². The summed E-state index contributed by atoms with van der Waals surface area (Å²) < 4.78 is 5.23. The molecule has 31 heavy (non-hydrogen) atoms. The zero-order valence-electron chi connectivity index (χ0n) is 19.3. The van der Waals surface area contributed by atoms with Gasteiger partial charge in [0.05, 0.1) is 19.1 Å². The molecule has 0 aromatic carbocycles. The SMILES string of the molecule is CCNC(=NCc1ccc(N2CCN(CC)CC2)nc1)N1CCC[C@H](C(=O)OCC)C1. The highest BCUT2D eigenvalue weighted by molar-refractivity contribution is 5.81. The van der Waals surface area contributed by atoms with Crippen molar-refractivity contribution in [1.82, 2.24) is 20.1 Å². The Kier molecular flexibility index (Phi) is 8.94. The molecule has 172 valence electrons. The largest absolute Gasteiger partial charge is 0.466 e. The minimum atomic E-state index is -0.0948. The molecular formula is C23H38N6O2. The number of carbonyl (C=O) groups excluding carboxylic acids is 1. The van der Waals surface area contributed by atoms with E-state index in [1.54, 1.807) is 0 Å². The van der Waals surface area contributed by atoms with E-state index in [1.807, 2.05) is 13.1 Å². The van der Waals surface area contributed by atoms with Crippen LogP contribution in [0.1, 0.15) is 39.2 Å². The summed E-state index contributed by atoms with van der Waals surface area (Å²) in [5.74, 6) is 1.73. The second kappa shape index (κ2) is 11.9. The van der Waals surface area contributed by atoms with Crippen molar-refractivity contribution in [3.63, 3.8) is 0 Å². The molecule has 8 nitrogen and oxygen atoms in total. The minimum absolute atomic E-state index is 0.0771. The Bertz CT molecular complexity index is 715. The molecule has 1 atom stereocenters. The molecule has 0 saturated carbocycles. The molecule has 0 bridgehead atoms. The number of nitrogens with zero attached hydrogens (tertiary/aromatic N) is 5. The molecule has 2 aliphatic heterocycles. The van der Waals surface area contributed by atoms with E-state index < -0.39 is 0 Å². The highest BCUT2D eigenvalue weighted by atomic mass is 16.5. The van der Waals surface area contributed by atoms with Gasteiger partial charge in [0.1, 0.15) is 5.82 Å². The molecule has 1 aromatic heterocycles. The molecule has 0 unspecified atom stereocenters. The lowest BCUT2D eigenvalue weighted by Gasteiger charge is -2.34. The Morgan fingerprint density at radius 1 is 1.19 bits per heavy atom. The summed E-state index contributed by atoms with van der Waals surface area (Å²) in [6.45, 7) is 14.9. The smallest absolute Gasteiger partial charge is 0.310 e. The fraction of sp³-hybridized carbons (Fsp3) is 0.696. The van der Waals surface area contributed by atoms with E-state index in [1.165, 1.54) is 0 Å². The van der Waals surface area contributed by atoms with Crippen LogP contribution in [0.4, 0.5) is 5.82 Å². The highest BCUT2D eigenvalue weighted by Gasteiger charge is 2.28. The number of likely N-dealkylation sites (N-methyl/N-ethyl adjacent to an activating group) is 1. The Morgan fingerprint density at radius 2 is 2.00 bits per heavy atom. The van der Waals surface area contributed by atoms with Crippen molar-refractivity contribution in [2.45, 2.75) is 40.2 Å². The van der Waals surface area contributed by atoms with Crippen LogP contribution >= 0.6 is 0 Å². The zero-order chi connectivity index (χ0) is 22.1. The second-order valence-corrected chi connectivity index (χ2v) is 8.15. The van der Waals surface area contributed by atoms with E-state index in [-0.39, 0.29) is 11.9 Å². The molecule has 2 aliphatic rings. The standard InChI is InChI=1S/C23H38N6O2/c1-4-24-23(29-11-7-8-20(18-29)22(30)31-6-3)26-17-19-9-10-21(25-16-19)28-14-12-27(5-2)13-15-28/h9-10,16,20H,4-8,11-15,17-18H2,1-3H3,(H,24,26)/t20-/m0/s1. The fourth-order valence-electron chi connectivity index (χ4n) is 4.20. The van der Waals surface area contributed by atoms with Gasteiger partial charge in [-0.25, -0.2) is 9.98 Å². The lowest BCUT2D eigenvalue weighted by Crippen LogP contribution is -2.48. The van der Waals surface area contributed by atoms with Crippen molar-refractivity contribution in [2.24, 2.45) is 10.9 Å². The van der Waals surface area contributed by atoms with Crippen LogP contribution in [0.3, 0.4) is 0 Å². The van der Waals surface area contributed by atoms with E-state index in [9.17, 15) is 4.79 Å². The van der Waals surface area contributed by atoms with Gasteiger partial charge in [0.15, 0.2) is 5.96 Å². The second-order valence-electron chi connectivity index (χ2n) is 8.15. The van der Waals surface area contributed by atoms with Gasteiger partial charge in [0.25, 0.3) is 0 Å². The quantitative estimate of drug-likeness (QED) is 0.403. The summed E-state index contributed by atoms with van der Waals surface area (Å²) in [5.41, 5.74) is 1.09. The van der Waals surface area contributed by atoms with Gasteiger partial charge >= 0.3 is 5.97 Å². The molecule has 3 heterocycles. The number of aliphatic imine (C=N–C) groups is 1. The van der Waals surface area contributed by atoms with Crippen LogP contribution in [0.25, 0.3) is 0 Å². The third-order valence-corrected chi connectivity index (χ3v) is 6.04. The summed E-state index contributed by atoms with van der Waals surface area (Å²) in [6.07, 6.45) is 3.79. The van der Waals surface area contributed by atoms with Gasteiger partial charge in [-0.05, 0) is 44.9 Å². The maximum atomic E-state index is 12.2. The zero-order valence-corrected chi connectivity index (χ0v) is 19.3. The van der Waals surface area contributed by atoms with E-state index in [4.69, 9.17) is 9.73 Å². The van der Waals surface area contributed by atoms with Gasteiger partial charge in [-0.2, -0.15) is 0 Å². The first-order valence-electron chi connectivity index (χ1n) is 11.8. The summed E-state index contributed by atoms with van der Waals surface area (Å²) in [5, 5.41) is 3.38. The van der Waals surface area contributed by atoms with E-state index in [0.717, 1.165) is 76.0 Å². The van der Waals surface area contributed by atoms with Gasteiger partial charge in [0.2, 0.25) is 0 Å². The minimum Gasteiger partial charge on any atom is -0.466 e. The number of carbonyl (C=O) groups is 1. The predicted molar refractivity (Wildman–Crippen MR) is 124 cm³/mol. The fourth-order valence-corrected chi connectivity index (χ4v) is 4.20. The molecule has 2 saturated heterocycles. The normalized spacial score (nSPS) is 20.6. The van der Waals surface area contributed by atoms with Crippen LogP contribution in [0.2, 0.25) is 0 Å². The van der Waals surface area contributed by atoms with Crippen molar-refractivity contribution in [1.29, 1.82) is 0 Å². The summed E-state index contributed by atoms with van der Waals surface area (Å²) >= 11 is 0. The Balaban J connectivity index is 1.59. The number of hydrogen-bond acceptors (Lipinski definition) is 6. The number of piperidine rings is 1. The summed E-state index contributed by atoms with van der Waals surface area (Å²) in [7, 11) is 0.